The van der Waals surface area contributed by atoms with E-state index in [1.54, 1.807) is 12.1 Å². The van der Waals surface area contributed by atoms with Gasteiger partial charge in [-0.3, -0.25) is 0 Å². The molecule has 394 valence electrons. The van der Waals surface area contributed by atoms with Crippen LogP contribution in [0.3, 0.4) is 0 Å². The summed E-state index contributed by atoms with van der Waals surface area (Å²) in [5, 5.41) is 6.11. The molecule has 2 nitrogen and oxygen atoms in total. The van der Waals surface area contributed by atoms with Crippen LogP contribution in [-0.4, -0.2) is 0 Å². The molecule has 0 bridgehead atoms. The van der Waals surface area contributed by atoms with Crippen LogP contribution >= 0.6 is 0 Å². The second kappa shape index (κ2) is 20.1. The van der Waals surface area contributed by atoms with Gasteiger partial charge in [-0.15, -0.1) is 0 Å². The maximum absolute atomic E-state index is 18.3. The Morgan fingerprint density at radius 1 is 0.312 bits per heavy atom. The number of aryl methyl sites for hydroxylation is 4. The van der Waals surface area contributed by atoms with Crippen LogP contribution in [-0.2, 0) is 10.8 Å². The van der Waals surface area contributed by atoms with E-state index in [-0.39, 0.29) is 22.5 Å². The number of anilines is 6. The Labute approximate surface area is 470 Å². The minimum atomic E-state index is -0.331. The van der Waals surface area contributed by atoms with Gasteiger partial charge in [0.05, 0.1) is 22.7 Å². The average Bonchev–Trinajstić information content (AvgIpc) is 3.60. The number of rotatable bonds is 10. The van der Waals surface area contributed by atoms with Crippen molar-refractivity contribution >= 4 is 66.4 Å². The summed E-state index contributed by atoms with van der Waals surface area (Å²) in [4.78, 5) is 4.30. The molecule has 0 aliphatic rings. The number of benzene rings is 12. The Morgan fingerprint density at radius 2 is 0.650 bits per heavy atom. The lowest BCUT2D eigenvalue weighted by Gasteiger charge is -2.32. The molecular formula is C76H66F2N2. The van der Waals surface area contributed by atoms with Crippen molar-refractivity contribution in [1.29, 1.82) is 0 Å². The van der Waals surface area contributed by atoms with E-state index in [0.29, 0.717) is 11.4 Å². The van der Waals surface area contributed by atoms with Gasteiger partial charge >= 0.3 is 0 Å². The van der Waals surface area contributed by atoms with Gasteiger partial charge in [0.1, 0.15) is 11.6 Å². The van der Waals surface area contributed by atoms with Gasteiger partial charge < -0.3 is 9.80 Å². The molecular weight excluding hydrogens is 979 g/mol. The van der Waals surface area contributed by atoms with E-state index in [1.165, 1.54) is 0 Å². The summed E-state index contributed by atoms with van der Waals surface area (Å²) < 4.78 is 36.5. The van der Waals surface area contributed by atoms with Crippen LogP contribution in [0.4, 0.5) is 42.9 Å². The molecule has 0 spiro atoms. The van der Waals surface area contributed by atoms with E-state index in [0.717, 1.165) is 133 Å². The van der Waals surface area contributed by atoms with Crippen molar-refractivity contribution < 1.29 is 8.78 Å². The van der Waals surface area contributed by atoms with Gasteiger partial charge in [-0.05, 0) is 165 Å². The number of halogens is 2. The normalized spacial score (nSPS) is 12.0. The molecule has 12 rings (SSSR count). The fourth-order valence-corrected chi connectivity index (χ4v) is 11.9. The molecule has 80 heavy (non-hydrogen) atoms. The van der Waals surface area contributed by atoms with E-state index in [1.807, 2.05) is 12.1 Å². The van der Waals surface area contributed by atoms with Crippen LogP contribution in [0, 0.1) is 39.3 Å². The largest absolute Gasteiger partial charge is 0.307 e. The topological polar surface area (TPSA) is 6.48 Å². The maximum atomic E-state index is 18.3. The smallest absolute Gasteiger partial charge is 0.148 e. The number of hydrogen-bond acceptors (Lipinski definition) is 2. The Hall–Kier alpha value is -8.86. The summed E-state index contributed by atoms with van der Waals surface area (Å²) >= 11 is 0. The van der Waals surface area contributed by atoms with Crippen molar-refractivity contribution in [3.8, 4) is 44.5 Å². The fraction of sp³-hybridized carbons (Fsp3) is 0.158. The van der Waals surface area contributed by atoms with E-state index >= 15 is 8.78 Å². The lowest BCUT2D eigenvalue weighted by molar-refractivity contribution is 0.590. The molecule has 0 unspecified atom stereocenters. The number of nitrogens with zero attached hydrogens (tertiary/aromatic N) is 2. The highest BCUT2D eigenvalue weighted by Crippen LogP contribution is 2.52. The van der Waals surface area contributed by atoms with Crippen molar-refractivity contribution in [3.05, 3.63) is 263 Å². The van der Waals surface area contributed by atoms with Crippen LogP contribution in [0.2, 0.25) is 0 Å². The zero-order valence-electron chi connectivity index (χ0n) is 47.4. The molecule has 0 N–H and O–H groups in total. The first-order chi connectivity index (χ1) is 38.4. The van der Waals surface area contributed by atoms with Crippen LogP contribution < -0.4 is 9.80 Å². The standard InChI is InChI=1S/C76H66F2N2/c1-47-17-11-21-53(37-47)57-41-65(55-23-13-19-49(3)39-55)73(67(77)43-57)79(61-27-15-25-59(45-61)75(5,6)7)69-35-31-51-30-34-64-70(36-32-52-29-33-63(69)71(51)72(52)64)80(62-28-16-26-60(46-62)76(8,9)10)74-66(56-24-14-20-50(4)40-56)42-58(44-68(74)78)54-22-12-18-48(2)38-54/h11-46H,1-10H3. The summed E-state index contributed by atoms with van der Waals surface area (Å²) in [6, 6.07) is 75.7. The van der Waals surface area contributed by atoms with Gasteiger partial charge in [-0.25, -0.2) is 8.78 Å². The fourth-order valence-electron chi connectivity index (χ4n) is 11.9. The van der Waals surface area contributed by atoms with E-state index in [9.17, 15) is 0 Å². The molecule has 4 heteroatoms. The zero-order chi connectivity index (χ0) is 55.8. The third kappa shape index (κ3) is 9.57. The molecule has 0 radical (unpaired) electrons. The monoisotopic (exact) mass is 1040 g/mol. The lowest BCUT2D eigenvalue weighted by atomic mass is 9.86. The lowest BCUT2D eigenvalue weighted by Crippen LogP contribution is -2.17. The first-order valence-electron chi connectivity index (χ1n) is 27.8. The molecule has 0 amide bonds. The molecule has 0 atom stereocenters. The van der Waals surface area contributed by atoms with Crippen molar-refractivity contribution in [3.63, 3.8) is 0 Å². The van der Waals surface area contributed by atoms with E-state index in [4.69, 9.17) is 0 Å². The van der Waals surface area contributed by atoms with Crippen molar-refractivity contribution in [1.82, 2.24) is 0 Å². The Morgan fingerprint density at radius 3 is 1.01 bits per heavy atom. The van der Waals surface area contributed by atoms with Crippen LogP contribution in [0.1, 0.15) is 74.9 Å². The average molecular weight is 1050 g/mol. The van der Waals surface area contributed by atoms with Gasteiger partial charge in [0.2, 0.25) is 0 Å². The summed E-state index contributed by atoms with van der Waals surface area (Å²) in [6.45, 7) is 21.6. The summed E-state index contributed by atoms with van der Waals surface area (Å²) in [5.74, 6) is -0.662. The first kappa shape index (κ1) is 51.9. The van der Waals surface area contributed by atoms with Crippen molar-refractivity contribution in [2.24, 2.45) is 0 Å². The van der Waals surface area contributed by atoms with Gasteiger partial charge in [0, 0.05) is 33.3 Å². The minimum absolute atomic E-state index is 0.189. The van der Waals surface area contributed by atoms with Gasteiger partial charge in [-0.1, -0.05) is 222 Å². The molecule has 0 aromatic heterocycles. The predicted molar refractivity (Wildman–Crippen MR) is 338 cm³/mol. The van der Waals surface area contributed by atoms with Crippen molar-refractivity contribution in [2.75, 3.05) is 9.80 Å². The Balaban J connectivity index is 1.16. The predicted octanol–water partition coefficient (Wildman–Crippen LogP) is 22.3. The highest BCUT2D eigenvalue weighted by Gasteiger charge is 2.30. The first-order valence-corrected chi connectivity index (χ1v) is 27.8. The second-order valence-electron chi connectivity index (χ2n) is 24.0. The number of hydrogen-bond donors (Lipinski definition) is 0. The SMILES string of the molecule is Cc1cccc(-c2cc(F)c(N(c3cccc(C(C)(C)C)c3)c3ccc4ccc5c(N(c6cccc(C(C)(C)C)c6)c6c(F)cc(-c7cccc(C)c7)cc6-c6cccc(C)c6)ccc6ccc3c4c65)c(-c3cccc(C)c3)c2)c1. The highest BCUT2D eigenvalue weighted by atomic mass is 19.1. The van der Waals surface area contributed by atoms with Gasteiger partial charge in [-0.2, -0.15) is 0 Å². The van der Waals surface area contributed by atoms with Gasteiger partial charge in [0.15, 0.2) is 0 Å². The van der Waals surface area contributed by atoms with Crippen LogP contribution in [0.25, 0.3) is 76.8 Å². The van der Waals surface area contributed by atoms with Crippen LogP contribution in [0.5, 0.6) is 0 Å². The third-order valence-corrected chi connectivity index (χ3v) is 16.0. The summed E-state index contributed by atoms with van der Waals surface area (Å²) in [6.07, 6.45) is 0. The molecule has 12 aromatic rings. The molecule has 12 aromatic carbocycles. The van der Waals surface area contributed by atoms with Gasteiger partial charge in [0.25, 0.3) is 0 Å². The molecule has 0 heterocycles. The molecule has 0 saturated carbocycles. The summed E-state index contributed by atoms with van der Waals surface area (Å²) in [5.41, 5.74) is 17.5. The molecule has 0 aliphatic carbocycles. The zero-order valence-corrected chi connectivity index (χ0v) is 47.4. The maximum Gasteiger partial charge on any atom is 0.148 e. The summed E-state index contributed by atoms with van der Waals surface area (Å²) in [7, 11) is 0. The Bertz CT molecular complexity index is 4080. The molecule has 0 fully saturated rings. The van der Waals surface area contributed by atoms with Crippen molar-refractivity contribution in [2.45, 2.75) is 80.1 Å². The second-order valence-corrected chi connectivity index (χ2v) is 24.0. The third-order valence-electron chi connectivity index (χ3n) is 16.0. The highest BCUT2D eigenvalue weighted by molar-refractivity contribution is 6.28. The molecule has 0 aliphatic heterocycles. The van der Waals surface area contributed by atoms with E-state index < -0.39 is 0 Å². The minimum Gasteiger partial charge on any atom is -0.307 e. The van der Waals surface area contributed by atoms with E-state index in [2.05, 4.69) is 273 Å². The molecule has 0 saturated heterocycles. The Kier molecular flexibility index (Phi) is 13.0. The van der Waals surface area contributed by atoms with Crippen LogP contribution in [0.15, 0.2) is 218 Å². The quantitative estimate of drug-likeness (QED) is 0.126.